The number of hydrogen-bond donors (Lipinski definition) is 1. The second kappa shape index (κ2) is 7.00. The zero-order valence-corrected chi connectivity index (χ0v) is 11.5. The number of carbonyl (C=O) groups is 1. The van der Waals surface area contributed by atoms with Crippen LogP contribution < -0.4 is 0 Å². The van der Waals surface area contributed by atoms with Gasteiger partial charge in [0, 0.05) is 19.0 Å². The monoisotopic (exact) mass is 241 g/mol. The molecule has 1 aliphatic rings. The van der Waals surface area contributed by atoms with Gasteiger partial charge in [0.15, 0.2) is 0 Å². The van der Waals surface area contributed by atoms with Gasteiger partial charge in [-0.2, -0.15) is 0 Å². The first-order chi connectivity index (χ1) is 8.10. The highest BCUT2D eigenvalue weighted by molar-refractivity contribution is 5.79. The van der Waals surface area contributed by atoms with Crippen LogP contribution in [-0.2, 0) is 4.79 Å². The van der Waals surface area contributed by atoms with Crippen LogP contribution in [0, 0.1) is 11.8 Å². The van der Waals surface area contributed by atoms with Gasteiger partial charge in [-0.1, -0.05) is 33.6 Å². The SMILES string of the molecule is CCCC(CCC)C(=O)N1CCC(C)C(O)C1. The van der Waals surface area contributed by atoms with E-state index in [-0.39, 0.29) is 17.9 Å². The van der Waals surface area contributed by atoms with Gasteiger partial charge in [0.05, 0.1) is 6.10 Å². The summed E-state index contributed by atoms with van der Waals surface area (Å²) >= 11 is 0. The molecule has 0 aromatic heterocycles. The molecule has 1 fully saturated rings. The summed E-state index contributed by atoms with van der Waals surface area (Å²) in [5.74, 6) is 0.764. The Bertz CT molecular complexity index is 236. The first-order valence-corrected chi connectivity index (χ1v) is 7.06. The highest BCUT2D eigenvalue weighted by atomic mass is 16.3. The topological polar surface area (TPSA) is 40.5 Å². The maximum absolute atomic E-state index is 12.3. The van der Waals surface area contributed by atoms with Crippen LogP contribution in [0.1, 0.15) is 52.9 Å². The predicted molar refractivity (Wildman–Crippen MR) is 69.7 cm³/mol. The van der Waals surface area contributed by atoms with Crippen molar-refractivity contribution in [2.75, 3.05) is 13.1 Å². The number of aliphatic hydroxyl groups excluding tert-OH is 1. The molecule has 1 rings (SSSR count). The predicted octanol–water partition coefficient (Wildman–Crippen LogP) is 2.43. The maximum atomic E-state index is 12.3. The summed E-state index contributed by atoms with van der Waals surface area (Å²) in [7, 11) is 0. The highest BCUT2D eigenvalue weighted by Crippen LogP contribution is 2.22. The molecule has 1 amide bonds. The van der Waals surface area contributed by atoms with E-state index in [2.05, 4.69) is 20.8 Å². The van der Waals surface area contributed by atoms with E-state index in [1.54, 1.807) is 0 Å². The zero-order chi connectivity index (χ0) is 12.8. The van der Waals surface area contributed by atoms with Crippen LogP contribution in [0.25, 0.3) is 0 Å². The van der Waals surface area contributed by atoms with E-state index in [1.165, 1.54) is 0 Å². The van der Waals surface area contributed by atoms with Crippen LogP contribution in [0.5, 0.6) is 0 Å². The number of likely N-dealkylation sites (tertiary alicyclic amines) is 1. The Kier molecular flexibility index (Phi) is 5.96. The lowest BCUT2D eigenvalue weighted by Gasteiger charge is -2.36. The number of β-amino-alcohol motifs (C(OH)–C–C–N with tert-alkyl or cyclic N) is 1. The van der Waals surface area contributed by atoms with Gasteiger partial charge in [0.1, 0.15) is 0 Å². The summed E-state index contributed by atoms with van der Waals surface area (Å²) in [5.41, 5.74) is 0. The molecule has 1 N–H and O–H groups in total. The number of aliphatic hydroxyl groups is 1. The van der Waals surface area contributed by atoms with Crippen molar-refractivity contribution < 1.29 is 9.90 Å². The van der Waals surface area contributed by atoms with Gasteiger partial charge in [-0.15, -0.1) is 0 Å². The van der Waals surface area contributed by atoms with E-state index in [9.17, 15) is 9.90 Å². The van der Waals surface area contributed by atoms with Gasteiger partial charge < -0.3 is 10.0 Å². The van der Waals surface area contributed by atoms with Crippen LogP contribution in [0.3, 0.4) is 0 Å². The number of piperidine rings is 1. The normalized spacial score (nSPS) is 25.4. The third-order valence-corrected chi connectivity index (χ3v) is 3.85. The number of nitrogens with zero attached hydrogens (tertiary/aromatic N) is 1. The second-order valence-electron chi connectivity index (χ2n) is 5.39. The molecule has 17 heavy (non-hydrogen) atoms. The van der Waals surface area contributed by atoms with Crippen molar-refractivity contribution in [3.63, 3.8) is 0 Å². The van der Waals surface area contributed by atoms with Crippen molar-refractivity contribution in [1.29, 1.82) is 0 Å². The Morgan fingerprint density at radius 2 is 1.94 bits per heavy atom. The van der Waals surface area contributed by atoms with E-state index in [0.717, 1.165) is 38.6 Å². The standard InChI is InChI=1S/C14H27NO2/c1-4-6-12(7-5-2)14(17)15-9-8-11(3)13(16)10-15/h11-13,16H,4-10H2,1-3H3. The van der Waals surface area contributed by atoms with Crippen molar-refractivity contribution in [1.82, 2.24) is 4.90 Å². The summed E-state index contributed by atoms with van der Waals surface area (Å²) in [4.78, 5) is 14.2. The molecule has 100 valence electrons. The van der Waals surface area contributed by atoms with E-state index in [1.807, 2.05) is 4.90 Å². The average Bonchev–Trinajstić information content (AvgIpc) is 2.31. The summed E-state index contributed by atoms with van der Waals surface area (Å²) in [6.45, 7) is 7.67. The fourth-order valence-electron chi connectivity index (χ4n) is 2.60. The van der Waals surface area contributed by atoms with Gasteiger partial charge in [0.2, 0.25) is 5.91 Å². The number of carbonyl (C=O) groups excluding carboxylic acids is 1. The van der Waals surface area contributed by atoms with Crippen molar-refractivity contribution in [3.8, 4) is 0 Å². The van der Waals surface area contributed by atoms with Gasteiger partial charge >= 0.3 is 0 Å². The largest absolute Gasteiger partial charge is 0.391 e. The van der Waals surface area contributed by atoms with E-state index >= 15 is 0 Å². The lowest BCUT2D eigenvalue weighted by molar-refractivity contribution is -0.140. The number of hydrogen-bond acceptors (Lipinski definition) is 2. The quantitative estimate of drug-likeness (QED) is 0.803. The minimum absolute atomic E-state index is 0.172. The van der Waals surface area contributed by atoms with Gasteiger partial charge in [-0.05, 0) is 25.2 Å². The first kappa shape index (κ1) is 14.5. The van der Waals surface area contributed by atoms with Crippen LogP contribution in [0.2, 0.25) is 0 Å². The highest BCUT2D eigenvalue weighted by Gasteiger charge is 2.30. The minimum atomic E-state index is -0.336. The lowest BCUT2D eigenvalue weighted by atomic mass is 9.92. The maximum Gasteiger partial charge on any atom is 0.225 e. The third-order valence-electron chi connectivity index (χ3n) is 3.85. The van der Waals surface area contributed by atoms with Crippen LogP contribution >= 0.6 is 0 Å². The molecule has 2 atom stereocenters. The summed E-state index contributed by atoms with van der Waals surface area (Å²) < 4.78 is 0. The number of rotatable bonds is 5. The molecule has 0 bridgehead atoms. The molecule has 0 aliphatic carbocycles. The fourth-order valence-corrected chi connectivity index (χ4v) is 2.60. The molecule has 0 radical (unpaired) electrons. The van der Waals surface area contributed by atoms with Crippen LogP contribution in [0.4, 0.5) is 0 Å². The lowest BCUT2D eigenvalue weighted by Crippen LogP contribution is -2.47. The first-order valence-electron chi connectivity index (χ1n) is 7.06. The van der Waals surface area contributed by atoms with Crippen molar-refractivity contribution in [3.05, 3.63) is 0 Å². The Morgan fingerprint density at radius 1 is 1.35 bits per heavy atom. The molecular weight excluding hydrogens is 214 g/mol. The van der Waals surface area contributed by atoms with Gasteiger partial charge in [-0.25, -0.2) is 0 Å². The van der Waals surface area contributed by atoms with Crippen LogP contribution in [-0.4, -0.2) is 35.1 Å². The molecule has 0 aromatic carbocycles. The minimum Gasteiger partial charge on any atom is -0.391 e. The van der Waals surface area contributed by atoms with Crippen LogP contribution in [0.15, 0.2) is 0 Å². The molecule has 0 aromatic rings. The van der Waals surface area contributed by atoms with Crippen molar-refractivity contribution >= 4 is 5.91 Å². The van der Waals surface area contributed by atoms with Crippen molar-refractivity contribution in [2.24, 2.45) is 11.8 Å². The molecule has 3 heteroatoms. The van der Waals surface area contributed by atoms with Crippen molar-refractivity contribution in [2.45, 2.75) is 59.0 Å². The Labute approximate surface area is 105 Å². The third kappa shape index (κ3) is 3.98. The van der Waals surface area contributed by atoms with Gasteiger partial charge in [0.25, 0.3) is 0 Å². The molecule has 1 aliphatic heterocycles. The molecule has 2 unspecified atom stereocenters. The zero-order valence-electron chi connectivity index (χ0n) is 11.5. The Balaban J connectivity index is 2.55. The Morgan fingerprint density at radius 3 is 2.41 bits per heavy atom. The fraction of sp³-hybridized carbons (Fsp3) is 0.929. The smallest absolute Gasteiger partial charge is 0.225 e. The molecule has 1 saturated heterocycles. The molecule has 1 heterocycles. The summed E-state index contributed by atoms with van der Waals surface area (Å²) in [6.07, 6.45) is 4.67. The second-order valence-corrected chi connectivity index (χ2v) is 5.39. The van der Waals surface area contributed by atoms with E-state index in [4.69, 9.17) is 0 Å². The summed E-state index contributed by atoms with van der Waals surface area (Å²) in [6, 6.07) is 0. The Hall–Kier alpha value is -0.570. The van der Waals surface area contributed by atoms with E-state index in [0.29, 0.717) is 12.5 Å². The molecule has 0 spiro atoms. The molecule has 0 saturated carbocycles. The molecular formula is C14H27NO2. The number of amides is 1. The van der Waals surface area contributed by atoms with E-state index < -0.39 is 0 Å². The average molecular weight is 241 g/mol. The molecule has 3 nitrogen and oxygen atoms in total. The summed E-state index contributed by atoms with van der Waals surface area (Å²) in [5, 5.41) is 9.84. The van der Waals surface area contributed by atoms with Gasteiger partial charge in [-0.3, -0.25) is 4.79 Å².